The number of nitrogens with one attached hydrogen (secondary N) is 1. The summed E-state index contributed by atoms with van der Waals surface area (Å²) in [5, 5.41) is 12.7. The molecular formula is C12H15BrClNO2. The molecule has 1 rings (SSSR count). The van der Waals surface area contributed by atoms with E-state index in [0.717, 1.165) is 10.0 Å². The monoisotopic (exact) mass is 319 g/mol. The van der Waals surface area contributed by atoms with Crippen molar-refractivity contribution in [1.82, 2.24) is 5.32 Å². The van der Waals surface area contributed by atoms with E-state index in [1.807, 2.05) is 19.9 Å². The summed E-state index contributed by atoms with van der Waals surface area (Å²) in [6.45, 7) is 4.25. The number of hydrogen-bond acceptors (Lipinski definition) is 2. The molecule has 17 heavy (non-hydrogen) atoms. The van der Waals surface area contributed by atoms with Crippen LogP contribution in [0.15, 0.2) is 22.7 Å². The Morgan fingerprint density at radius 1 is 1.53 bits per heavy atom. The molecule has 3 nitrogen and oxygen atoms in total. The Labute approximate surface area is 114 Å². The number of carboxylic acid groups (broad SMARTS) is 1. The molecule has 0 aromatic heterocycles. The first-order chi connectivity index (χ1) is 7.91. The van der Waals surface area contributed by atoms with E-state index in [9.17, 15) is 4.79 Å². The first-order valence-electron chi connectivity index (χ1n) is 5.32. The third kappa shape index (κ3) is 4.30. The van der Waals surface area contributed by atoms with E-state index in [4.69, 9.17) is 16.7 Å². The highest BCUT2D eigenvalue weighted by molar-refractivity contribution is 9.10. The third-order valence-electron chi connectivity index (χ3n) is 2.46. The summed E-state index contributed by atoms with van der Waals surface area (Å²) in [6, 6.07) is 4.91. The van der Waals surface area contributed by atoms with Gasteiger partial charge in [0, 0.05) is 16.0 Å². The average Bonchev–Trinajstić information content (AvgIpc) is 2.20. The molecule has 0 saturated heterocycles. The quantitative estimate of drug-likeness (QED) is 0.875. The van der Waals surface area contributed by atoms with E-state index in [2.05, 4.69) is 21.2 Å². The second-order valence-corrected chi connectivity index (χ2v) is 5.47. The lowest BCUT2D eigenvalue weighted by molar-refractivity contribution is -0.140. The summed E-state index contributed by atoms with van der Waals surface area (Å²) < 4.78 is 0.880. The van der Waals surface area contributed by atoms with Gasteiger partial charge in [-0.2, -0.15) is 0 Å². The molecule has 5 heteroatoms. The summed E-state index contributed by atoms with van der Waals surface area (Å²) in [6.07, 6.45) is 0. The van der Waals surface area contributed by atoms with Crippen LogP contribution in [0, 0.1) is 5.92 Å². The molecule has 0 aliphatic heterocycles. The van der Waals surface area contributed by atoms with E-state index in [0.29, 0.717) is 11.6 Å². The normalized spacial score (nSPS) is 12.8. The van der Waals surface area contributed by atoms with Crippen LogP contribution in [-0.2, 0) is 11.3 Å². The molecule has 94 valence electrons. The van der Waals surface area contributed by atoms with Crippen LogP contribution in [0.5, 0.6) is 0 Å². The van der Waals surface area contributed by atoms with Gasteiger partial charge in [-0.3, -0.25) is 4.79 Å². The summed E-state index contributed by atoms with van der Waals surface area (Å²) in [5.74, 6) is -0.788. The predicted molar refractivity (Wildman–Crippen MR) is 72.3 cm³/mol. The van der Waals surface area contributed by atoms with Crippen molar-refractivity contribution >= 4 is 33.5 Å². The van der Waals surface area contributed by atoms with Crippen LogP contribution in [0.2, 0.25) is 5.02 Å². The Hall–Kier alpha value is -0.580. The van der Waals surface area contributed by atoms with Gasteiger partial charge in [-0.05, 0) is 23.6 Å². The van der Waals surface area contributed by atoms with Crippen LogP contribution in [0.1, 0.15) is 19.4 Å². The largest absolute Gasteiger partial charge is 0.480 e. The maximum atomic E-state index is 11.0. The van der Waals surface area contributed by atoms with Crippen LogP contribution in [-0.4, -0.2) is 17.1 Å². The lowest BCUT2D eigenvalue weighted by Gasteiger charge is -2.18. The minimum absolute atomic E-state index is 0.0403. The van der Waals surface area contributed by atoms with E-state index in [1.165, 1.54) is 0 Å². The van der Waals surface area contributed by atoms with Crippen molar-refractivity contribution in [2.45, 2.75) is 26.4 Å². The highest BCUT2D eigenvalue weighted by atomic mass is 79.9. The van der Waals surface area contributed by atoms with Crippen molar-refractivity contribution in [3.8, 4) is 0 Å². The zero-order valence-corrected chi connectivity index (χ0v) is 12.0. The minimum Gasteiger partial charge on any atom is -0.480 e. The van der Waals surface area contributed by atoms with Crippen molar-refractivity contribution in [2.24, 2.45) is 5.92 Å². The Bertz CT molecular complexity index is 409. The lowest BCUT2D eigenvalue weighted by atomic mass is 10.0. The van der Waals surface area contributed by atoms with Gasteiger partial charge in [0.25, 0.3) is 0 Å². The van der Waals surface area contributed by atoms with E-state index in [-0.39, 0.29) is 5.92 Å². The second-order valence-electron chi connectivity index (χ2n) is 4.18. The highest BCUT2D eigenvalue weighted by Crippen LogP contribution is 2.21. The summed E-state index contributed by atoms with van der Waals surface area (Å²) in [4.78, 5) is 11.0. The van der Waals surface area contributed by atoms with Crippen molar-refractivity contribution in [1.29, 1.82) is 0 Å². The zero-order chi connectivity index (χ0) is 13.0. The van der Waals surface area contributed by atoms with Gasteiger partial charge in [0.05, 0.1) is 0 Å². The van der Waals surface area contributed by atoms with Gasteiger partial charge < -0.3 is 10.4 Å². The van der Waals surface area contributed by atoms with Gasteiger partial charge in [0.1, 0.15) is 6.04 Å². The molecule has 0 saturated carbocycles. The lowest BCUT2D eigenvalue weighted by Crippen LogP contribution is -2.40. The van der Waals surface area contributed by atoms with Crippen LogP contribution in [0.4, 0.5) is 0 Å². The fraction of sp³-hybridized carbons (Fsp3) is 0.417. The molecule has 0 heterocycles. The van der Waals surface area contributed by atoms with Gasteiger partial charge in [0.15, 0.2) is 0 Å². The van der Waals surface area contributed by atoms with Gasteiger partial charge in [-0.15, -0.1) is 0 Å². The van der Waals surface area contributed by atoms with Gasteiger partial charge in [0.2, 0.25) is 0 Å². The molecule has 2 N–H and O–H groups in total. The Morgan fingerprint density at radius 2 is 2.18 bits per heavy atom. The van der Waals surface area contributed by atoms with Gasteiger partial charge in [-0.1, -0.05) is 47.4 Å². The standard InChI is InChI=1S/C12H15BrClNO2/c1-7(2)11(12(16)17)15-6-8-3-4-9(14)5-10(8)13/h3-5,7,11,15H,6H2,1-2H3,(H,16,17)/t11-/m0/s1. The number of halogens is 2. The number of rotatable bonds is 5. The number of carboxylic acids is 1. The number of aliphatic carboxylic acids is 1. The highest BCUT2D eigenvalue weighted by Gasteiger charge is 2.20. The number of carbonyl (C=O) groups is 1. The van der Waals surface area contributed by atoms with Crippen molar-refractivity contribution < 1.29 is 9.90 Å². The summed E-state index contributed by atoms with van der Waals surface area (Å²) >= 11 is 9.24. The molecule has 0 fully saturated rings. The smallest absolute Gasteiger partial charge is 0.320 e. The van der Waals surface area contributed by atoms with Crippen molar-refractivity contribution in [3.05, 3.63) is 33.3 Å². The summed E-state index contributed by atoms with van der Waals surface area (Å²) in [7, 11) is 0. The van der Waals surface area contributed by atoms with Crippen LogP contribution < -0.4 is 5.32 Å². The van der Waals surface area contributed by atoms with E-state index < -0.39 is 12.0 Å². The van der Waals surface area contributed by atoms with Crippen LogP contribution in [0.25, 0.3) is 0 Å². The van der Waals surface area contributed by atoms with E-state index in [1.54, 1.807) is 12.1 Å². The molecule has 0 bridgehead atoms. The van der Waals surface area contributed by atoms with Gasteiger partial charge in [-0.25, -0.2) is 0 Å². The van der Waals surface area contributed by atoms with Gasteiger partial charge >= 0.3 is 5.97 Å². The van der Waals surface area contributed by atoms with Crippen LogP contribution in [0.3, 0.4) is 0 Å². The summed E-state index contributed by atoms with van der Waals surface area (Å²) in [5.41, 5.74) is 0.987. The molecule has 0 unspecified atom stereocenters. The zero-order valence-electron chi connectivity index (χ0n) is 9.71. The fourth-order valence-electron chi connectivity index (χ4n) is 1.49. The second kappa shape index (κ2) is 6.38. The molecule has 1 aromatic carbocycles. The average molecular weight is 321 g/mol. The SMILES string of the molecule is CC(C)[C@H](NCc1ccc(Cl)cc1Br)C(=O)O. The number of hydrogen-bond donors (Lipinski definition) is 2. The minimum atomic E-state index is -0.829. The maximum absolute atomic E-state index is 11.0. The maximum Gasteiger partial charge on any atom is 0.320 e. The first kappa shape index (κ1) is 14.5. The van der Waals surface area contributed by atoms with E-state index >= 15 is 0 Å². The first-order valence-corrected chi connectivity index (χ1v) is 6.49. The molecule has 1 aromatic rings. The molecule has 0 spiro atoms. The third-order valence-corrected chi connectivity index (χ3v) is 3.43. The molecular weight excluding hydrogens is 305 g/mol. The van der Waals surface area contributed by atoms with Crippen molar-refractivity contribution in [2.75, 3.05) is 0 Å². The molecule has 1 atom stereocenters. The number of benzene rings is 1. The Morgan fingerprint density at radius 3 is 2.65 bits per heavy atom. The fourth-order valence-corrected chi connectivity index (χ4v) is 2.32. The molecule has 0 aliphatic carbocycles. The Kier molecular flexibility index (Phi) is 5.43. The van der Waals surface area contributed by atoms with Crippen LogP contribution >= 0.6 is 27.5 Å². The topological polar surface area (TPSA) is 49.3 Å². The molecule has 0 amide bonds. The predicted octanol–water partition coefficient (Wildman–Crippen LogP) is 3.30. The van der Waals surface area contributed by atoms with Crippen molar-refractivity contribution in [3.63, 3.8) is 0 Å². The Balaban J connectivity index is 2.69. The molecule has 0 aliphatic rings. The molecule has 0 radical (unpaired) electrons.